The van der Waals surface area contributed by atoms with E-state index in [0.717, 1.165) is 5.70 Å². The summed E-state index contributed by atoms with van der Waals surface area (Å²) in [6, 6.07) is 3.19. The number of aromatic nitrogens is 2. The summed E-state index contributed by atoms with van der Waals surface area (Å²) in [5.41, 5.74) is 7.63. The van der Waals surface area contributed by atoms with Crippen molar-refractivity contribution in [1.29, 1.82) is 0 Å². The fourth-order valence-corrected chi connectivity index (χ4v) is 2.28. The summed E-state index contributed by atoms with van der Waals surface area (Å²) in [5, 5.41) is 0. The largest absolute Gasteiger partial charge is 0.466 e. The van der Waals surface area contributed by atoms with Crippen molar-refractivity contribution < 1.29 is 13.9 Å². The summed E-state index contributed by atoms with van der Waals surface area (Å²) in [7, 11) is 0. The van der Waals surface area contributed by atoms with E-state index in [1.165, 1.54) is 6.07 Å². The number of imidazole rings is 1. The normalized spacial score (nSPS) is 13.1. The average Bonchev–Trinajstić information content (AvgIpc) is 2.69. The minimum atomic E-state index is -0.494. The minimum absolute atomic E-state index is 0.115. The van der Waals surface area contributed by atoms with Crippen molar-refractivity contribution in [2.24, 2.45) is 0 Å². The zero-order chi connectivity index (χ0) is 15.0. The Morgan fingerprint density at radius 2 is 2.24 bits per heavy atom. The van der Waals surface area contributed by atoms with Crippen LogP contribution >= 0.6 is 0 Å². The number of hydrogen-bond donors (Lipinski definition) is 1. The van der Waals surface area contributed by atoms with Crippen LogP contribution in [0.3, 0.4) is 0 Å². The Hall–Kier alpha value is -2.63. The first kappa shape index (κ1) is 13.4. The molecule has 1 aromatic heterocycles. The molecule has 108 valence electrons. The van der Waals surface area contributed by atoms with Crippen LogP contribution in [0.1, 0.15) is 12.5 Å². The molecular formula is C15H14FN3O2. The molecule has 6 heteroatoms. The van der Waals surface area contributed by atoms with Crippen molar-refractivity contribution >= 4 is 28.6 Å². The Bertz CT molecular complexity index is 790. The second kappa shape index (κ2) is 5.05. The van der Waals surface area contributed by atoms with Crippen molar-refractivity contribution in [2.45, 2.75) is 13.3 Å². The number of fused-ring (bicyclic) bond motifs is 1. The Labute approximate surface area is 120 Å². The van der Waals surface area contributed by atoms with Crippen LogP contribution in [-0.2, 0) is 16.0 Å². The number of allylic oxidation sites excluding steroid dienone is 4. The third-order valence-corrected chi connectivity index (χ3v) is 3.29. The first-order valence-corrected chi connectivity index (χ1v) is 6.61. The number of nitrogens with zero attached hydrogens (tertiary/aromatic N) is 2. The van der Waals surface area contributed by atoms with Crippen molar-refractivity contribution in [2.75, 3.05) is 12.3 Å². The molecule has 0 saturated carbocycles. The zero-order valence-electron chi connectivity index (χ0n) is 11.5. The molecule has 1 heterocycles. The van der Waals surface area contributed by atoms with Gasteiger partial charge in [-0.05, 0) is 25.1 Å². The highest BCUT2D eigenvalue weighted by molar-refractivity contribution is 5.88. The van der Waals surface area contributed by atoms with Crippen molar-refractivity contribution in [3.8, 4) is 0 Å². The standard InChI is InChI=1S/C15H14FN3O2/c1-2-21-12(20)8-9-6-7-11-14(13(9)16)19(15(17)18-11)10-4-3-5-10/h3-7H,2,8H2,1H3,(H2,17,18). The first-order valence-electron chi connectivity index (χ1n) is 6.61. The number of ether oxygens (including phenoxy) is 1. The molecule has 0 unspecified atom stereocenters. The zero-order valence-corrected chi connectivity index (χ0v) is 11.5. The Morgan fingerprint density at radius 3 is 2.86 bits per heavy atom. The molecule has 0 radical (unpaired) electrons. The van der Waals surface area contributed by atoms with E-state index in [2.05, 4.69) is 4.98 Å². The van der Waals surface area contributed by atoms with Crippen LogP contribution in [0.25, 0.3) is 16.7 Å². The average molecular weight is 287 g/mol. The second-order valence-corrected chi connectivity index (χ2v) is 4.64. The summed E-state index contributed by atoms with van der Waals surface area (Å²) in [4.78, 5) is 15.7. The number of rotatable bonds is 4. The number of nitrogens with two attached hydrogens (primary N) is 1. The highest BCUT2D eigenvalue weighted by atomic mass is 19.1. The SMILES string of the molecule is CCOC(=O)Cc1ccc2nc(N)n(C3=CC=C3)c2c1F. The van der Waals surface area contributed by atoms with Gasteiger partial charge in [0.25, 0.3) is 0 Å². The molecule has 0 fully saturated rings. The molecule has 2 N–H and O–H groups in total. The van der Waals surface area contributed by atoms with E-state index in [-0.39, 0.29) is 30.1 Å². The molecule has 1 aliphatic rings. The van der Waals surface area contributed by atoms with E-state index in [0.29, 0.717) is 5.52 Å². The smallest absolute Gasteiger partial charge is 0.310 e. The van der Waals surface area contributed by atoms with E-state index in [9.17, 15) is 9.18 Å². The maximum Gasteiger partial charge on any atom is 0.310 e. The van der Waals surface area contributed by atoms with Crippen LogP contribution in [-0.4, -0.2) is 22.1 Å². The molecule has 1 aliphatic carbocycles. The Balaban J connectivity index is 2.09. The second-order valence-electron chi connectivity index (χ2n) is 4.64. The predicted octanol–water partition coefficient (Wildman–Crippen LogP) is 2.27. The molecule has 21 heavy (non-hydrogen) atoms. The maximum absolute atomic E-state index is 14.7. The van der Waals surface area contributed by atoms with Gasteiger partial charge in [-0.2, -0.15) is 0 Å². The number of carbonyl (C=O) groups excluding carboxylic acids is 1. The number of halogens is 1. The van der Waals surface area contributed by atoms with E-state index in [4.69, 9.17) is 10.5 Å². The summed E-state index contributed by atoms with van der Waals surface area (Å²) >= 11 is 0. The molecule has 0 amide bonds. The van der Waals surface area contributed by atoms with Crippen molar-refractivity contribution in [3.05, 3.63) is 41.7 Å². The van der Waals surface area contributed by atoms with Gasteiger partial charge in [-0.1, -0.05) is 12.1 Å². The van der Waals surface area contributed by atoms with E-state index < -0.39 is 11.8 Å². The molecule has 0 aliphatic heterocycles. The van der Waals surface area contributed by atoms with E-state index in [1.807, 2.05) is 18.2 Å². The van der Waals surface area contributed by atoms with Crippen LogP contribution in [0.2, 0.25) is 0 Å². The Morgan fingerprint density at radius 1 is 1.48 bits per heavy atom. The highest BCUT2D eigenvalue weighted by Gasteiger charge is 2.20. The molecule has 5 nitrogen and oxygen atoms in total. The lowest BCUT2D eigenvalue weighted by Crippen LogP contribution is -2.10. The molecule has 0 atom stereocenters. The third-order valence-electron chi connectivity index (χ3n) is 3.29. The fraction of sp³-hybridized carbons (Fsp3) is 0.200. The highest BCUT2D eigenvalue weighted by Crippen LogP contribution is 2.29. The molecule has 2 aromatic rings. The van der Waals surface area contributed by atoms with Gasteiger partial charge in [-0.3, -0.25) is 9.36 Å². The number of hydrogen-bond acceptors (Lipinski definition) is 4. The third kappa shape index (κ3) is 2.18. The first-order chi connectivity index (χ1) is 10.1. The van der Waals surface area contributed by atoms with Gasteiger partial charge >= 0.3 is 5.97 Å². The quantitative estimate of drug-likeness (QED) is 0.876. The van der Waals surface area contributed by atoms with Crippen LogP contribution < -0.4 is 5.73 Å². The number of esters is 1. The molecule has 3 rings (SSSR count). The van der Waals surface area contributed by atoms with E-state index >= 15 is 0 Å². The minimum Gasteiger partial charge on any atom is -0.466 e. The number of nitrogen functional groups attached to an aromatic ring is 1. The summed E-state index contributed by atoms with van der Waals surface area (Å²) in [5.74, 6) is -0.740. The van der Waals surface area contributed by atoms with Crippen LogP contribution in [0.15, 0.2) is 30.4 Å². The van der Waals surface area contributed by atoms with E-state index in [1.54, 1.807) is 17.6 Å². The maximum atomic E-state index is 14.7. The molecule has 0 bridgehead atoms. The summed E-state index contributed by atoms with van der Waals surface area (Å²) in [6.07, 6.45) is 5.35. The monoisotopic (exact) mass is 287 g/mol. The van der Waals surface area contributed by atoms with Gasteiger partial charge in [0.05, 0.1) is 18.5 Å². The molecule has 0 spiro atoms. The van der Waals surface area contributed by atoms with Crippen LogP contribution in [0.5, 0.6) is 0 Å². The topological polar surface area (TPSA) is 70.1 Å². The van der Waals surface area contributed by atoms with Crippen molar-refractivity contribution in [3.63, 3.8) is 0 Å². The number of benzene rings is 1. The van der Waals surface area contributed by atoms with Gasteiger partial charge in [0.2, 0.25) is 5.95 Å². The molecule has 0 saturated heterocycles. The lowest BCUT2D eigenvalue weighted by atomic mass is 10.1. The summed E-state index contributed by atoms with van der Waals surface area (Å²) in [6.45, 7) is 1.98. The number of anilines is 1. The lowest BCUT2D eigenvalue weighted by Gasteiger charge is -2.12. The molecule has 1 aromatic carbocycles. The van der Waals surface area contributed by atoms with Gasteiger partial charge in [0, 0.05) is 11.3 Å². The Kier molecular flexibility index (Phi) is 3.21. The molecular weight excluding hydrogens is 273 g/mol. The van der Waals surface area contributed by atoms with Gasteiger partial charge in [-0.15, -0.1) is 0 Å². The van der Waals surface area contributed by atoms with Gasteiger partial charge < -0.3 is 10.5 Å². The van der Waals surface area contributed by atoms with Crippen LogP contribution in [0.4, 0.5) is 10.3 Å². The van der Waals surface area contributed by atoms with Gasteiger partial charge in [0.1, 0.15) is 5.52 Å². The predicted molar refractivity (Wildman–Crippen MR) is 77.9 cm³/mol. The van der Waals surface area contributed by atoms with Gasteiger partial charge in [0.15, 0.2) is 5.82 Å². The summed E-state index contributed by atoms with van der Waals surface area (Å²) < 4.78 is 21.1. The van der Waals surface area contributed by atoms with Crippen LogP contribution in [0, 0.1) is 5.82 Å². The number of carbonyl (C=O) groups is 1. The fourth-order valence-electron chi connectivity index (χ4n) is 2.28. The van der Waals surface area contributed by atoms with Crippen molar-refractivity contribution in [1.82, 2.24) is 9.55 Å². The lowest BCUT2D eigenvalue weighted by molar-refractivity contribution is -0.142. The van der Waals surface area contributed by atoms with Gasteiger partial charge in [-0.25, -0.2) is 9.37 Å².